The number of ether oxygens (including phenoxy) is 1. The Morgan fingerprint density at radius 2 is 1.72 bits per heavy atom. The van der Waals surface area contributed by atoms with Crippen molar-refractivity contribution in [1.82, 2.24) is 0 Å². The van der Waals surface area contributed by atoms with Crippen molar-refractivity contribution in [2.24, 2.45) is 0 Å². The summed E-state index contributed by atoms with van der Waals surface area (Å²) in [6.07, 6.45) is 3.97. The van der Waals surface area contributed by atoms with Gasteiger partial charge in [0, 0.05) is 20.8 Å². The fourth-order valence-electron chi connectivity index (χ4n) is 1.43. The Labute approximate surface area is 110 Å². The lowest BCUT2D eigenvalue weighted by molar-refractivity contribution is 0.167. The van der Waals surface area contributed by atoms with Gasteiger partial charge in [-0.2, -0.15) is 0 Å². The Balaban J connectivity index is 3.02. The molecule has 0 aliphatic heterocycles. The third kappa shape index (κ3) is 3.59. The van der Waals surface area contributed by atoms with E-state index in [2.05, 4.69) is 0 Å². The second-order valence-electron chi connectivity index (χ2n) is 3.78. The van der Waals surface area contributed by atoms with E-state index < -0.39 is 8.80 Å². The first-order valence-electron chi connectivity index (χ1n) is 5.68. The van der Waals surface area contributed by atoms with Gasteiger partial charge in [-0.25, -0.2) is 0 Å². The van der Waals surface area contributed by atoms with Crippen molar-refractivity contribution in [3.05, 3.63) is 29.8 Å². The van der Waals surface area contributed by atoms with Crippen LogP contribution in [-0.2, 0) is 8.85 Å². The van der Waals surface area contributed by atoms with Gasteiger partial charge >= 0.3 is 8.80 Å². The zero-order valence-electron chi connectivity index (χ0n) is 11.5. The second kappa shape index (κ2) is 6.58. The van der Waals surface area contributed by atoms with E-state index in [4.69, 9.17) is 18.0 Å². The summed E-state index contributed by atoms with van der Waals surface area (Å²) >= 11 is 0. The Morgan fingerprint density at radius 1 is 1.06 bits per heavy atom. The zero-order chi connectivity index (χ0) is 13.6. The molecular formula is C13H20O4Si. The number of hydrogen-bond donors (Lipinski definition) is 0. The molecule has 0 saturated carbocycles. The third-order valence-corrected chi connectivity index (χ3v) is 4.66. The van der Waals surface area contributed by atoms with Crippen molar-refractivity contribution >= 4 is 14.9 Å². The molecule has 100 valence electrons. The summed E-state index contributed by atoms with van der Waals surface area (Å²) < 4.78 is 21.7. The molecule has 0 spiro atoms. The molecule has 4 nitrogen and oxygen atoms in total. The first kappa shape index (κ1) is 14.8. The zero-order valence-corrected chi connectivity index (χ0v) is 12.5. The molecule has 0 bridgehead atoms. The average molecular weight is 268 g/mol. The highest BCUT2D eigenvalue weighted by atomic mass is 28.4. The van der Waals surface area contributed by atoms with Crippen molar-refractivity contribution in [2.45, 2.75) is 13.5 Å². The minimum atomic E-state index is -2.62. The Hall–Kier alpha value is -1.30. The van der Waals surface area contributed by atoms with Gasteiger partial charge < -0.3 is 18.0 Å². The van der Waals surface area contributed by atoms with Crippen molar-refractivity contribution < 1.29 is 18.0 Å². The number of hydrogen-bond acceptors (Lipinski definition) is 4. The molecule has 0 radical (unpaired) electrons. The van der Waals surface area contributed by atoms with E-state index in [1.807, 2.05) is 43.8 Å². The summed E-state index contributed by atoms with van der Waals surface area (Å²) in [5.74, 6) is 1.29. The van der Waals surface area contributed by atoms with Crippen LogP contribution in [-0.4, -0.2) is 30.1 Å². The molecule has 1 aromatic carbocycles. The maximum atomic E-state index is 5.80. The van der Waals surface area contributed by atoms with E-state index in [-0.39, 0.29) is 0 Å². The van der Waals surface area contributed by atoms with Crippen LogP contribution in [0.3, 0.4) is 0 Å². The predicted molar refractivity (Wildman–Crippen MR) is 74.0 cm³/mol. The fourth-order valence-corrected chi connectivity index (χ4v) is 2.33. The van der Waals surface area contributed by atoms with Gasteiger partial charge in [0.2, 0.25) is 0 Å². The normalized spacial score (nSPS) is 11.8. The van der Waals surface area contributed by atoms with Gasteiger partial charge in [0.15, 0.2) is 5.75 Å². The molecule has 0 fully saturated rings. The number of allylic oxidation sites excluding steroid dienone is 1. The lowest BCUT2D eigenvalue weighted by Crippen LogP contribution is -2.43. The van der Waals surface area contributed by atoms with Gasteiger partial charge in [0.25, 0.3) is 0 Å². The van der Waals surface area contributed by atoms with Crippen molar-refractivity contribution in [2.75, 3.05) is 21.3 Å². The molecule has 0 amide bonds. The molecule has 0 atom stereocenters. The molecule has 1 aromatic rings. The van der Waals surface area contributed by atoms with E-state index in [0.29, 0.717) is 11.5 Å². The molecule has 0 N–H and O–H groups in total. The highest BCUT2D eigenvalue weighted by Gasteiger charge is 2.35. The summed E-state index contributed by atoms with van der Waals surface area (Å²) in [6.45, 7) is 3.79. The molecule has 0 aliphatic carbocycles. The lowest BCUT2D eigenvalue weighted by Gasteiger charge is -2.24. The van der Waals surface area contributed by atoms with Crippen LogP contribution in [0.2, 0.25) is 6.55 Å². The quantitative estimate of drug-likeness (QED) is 0.743. The highest BCUT2D eigenvalue weighted by Crippen LogP contribution is 2.30. The molecule has 0 aromatic heterocycles. The number of rotatable bonds is 6. The van der Waals surface area contributed by atoms with Crippen LogP contribution < -0.4 is 9.16 Å². The van der Waals surface area contributed by atoms with E-state index in [9.17, 15) is 0 Å². The smallest absolute Gasteiger partial charge is 0.497 e. The minimum absolute atomic E-state index is 0.628. The van der Waals surface area contributed by atoms with Gasteiger partial charge in [-0.05, 0) is 24.6 Å². The van der Waals surface area contributed by atoms with Gasteiger partial charge in [-0.3, -0.25) is 0 Å². The van der Waals surface area contributed by atoms with E-state index in [1.54, 1.807) is 21.3 Å². The first-order valence-corrected chi connectivity index (χ1v) is 7.91. The summed E-state index contributed by atoms with van der Waals surface area (Å²) in [5, 5.41) is 0. The van der Waals surface area contributed by atoms with Crippen molar-refractivity contribution in [3.8, 4) is 11.5 Å². The highest BCUT2D eigenvalue weighted by molar-refractivity contribution is 6.59. The molecule has 5 heteroatoms. The maximum Gasteiger partial charge on any atom is 0.562 e. The predicted octanol–water partition coefficient (Wildman–Crippen LogP) is 2.97. The van der Waals surface area contributed by atoms with Crippen LogP contribution in [0.1, 0.15) is 12.5 Å². The van der Waals surface area contributed by atoms with Crippen LogP contribution in [0.5, 0.6) is 11.5 Å². The topological polar surface area (TPSA) is 36.9 Å². The standard InChI is InChI=1S/C13H20O4Si/c1-6-7-11-8-9-12(13(10-11)14-2)17-18(5,15-3)16-4/h6-10H,1-5H3. The number of methoxy groups -OCH3 is 1. The second-order valence-corrected chi connectivity index (χ2v) is 6.53. The van der Waals surface area contributed by atoms with E-state index >= 15 is 0 Å². The fraction of sp³-hybridized carbons (Fsp3) is 0.385. The van der Waals surface area contributed by atoms with Crippen LogP contribution >= 0.6 is 0 Å². The largest absolute Gasteiger partial charge is 0.562 e. The number of benzene rings is 1. The molecule has 0 aliphatic rings. The molecule has 1 rings (SSSR count). The summed E-state index contributed by atoms with van der Waals surface area (Å²) in [6, 6.07) is 5.73. The van der Waals surface area contributed by atoms with Crippen LogP contribution in [0, 0.1) is 0 Å². The third-order valence-electron chi connectivity index (χ3n) is 2.58. The van der Waals surface area contributed by atoms with Gasteiger partial charge in [-0.15, -0.1) is 0 Å². The molecule has 0 unspecified atom stereocenters. The minimum Gasteiger partial charge on any atom is -0.497 e. The monoisotopic (exact) mass is 268 g/mol. The summed E-state index contributed by atoms with van der Waals surface area (Å²) in [4.78, 5) is 0. The van der Waals surface area contributed by atoms with Gasteiger partial charge in [0.05, 0.1) is 7.11 Å². The van der Waals surface area contributed by atoms with E-state index in [1.165, 1.54) is 0 Å². The first-order chi connectivity index (χ1) is 8.58. The Morgan fingerprint density at radius 3 is 2.22 bits per heavy atom. The van der Waals surface area contributed by atoms with Crippen molar-refractivity contribution in [1.29, 1.82) is 0 Å². The van der Waals surface area contributed by atoms with Crippen LogP contribution in [0.4, 0.5) is 0 Å². The van der Waals surface area contributed by atoms with Crippen LogP contribution in [0.15, 0.2) is 24.3 Å². The van der Waals surface area contributed by atoms with E-state index in [0.717, 1.165) is 5.56 Å². The Bertz CT molecular complexity index is 413. The SMILES string of the molecule is CC=Cc1ccc(O[Si](C)(OC)OC)c(OC)c1. The maximum absolute atomic E-state index is 5.80. The lowest BCUT2D eigenvalue weighted by atomic mass is 10.2. The molecule has 0 heterocycles. The van der Waals surface area contributed by atoms with Crippen molar-refractivity contribution in [3.63, 3.8) is 0 Å². The average Bonchev–Trinajstić information content (AvgIpc) is 2.40. The molecular weight excluding hydrogens is 248 g/mol. The Kier molecular flexibility index (Phi) is 5.40. The molecule has 18 heavy (non-hydrogen) atoms. The van der Waals surface area contributed by atoms with Gasteiger partial charge in [0.1, 0.15) is 5.75 Å². The van der Waals surface area contributed by atoms with Gasteiger partial charge in [-0.1, -0.05) is 18.2 Å². The summed E-state index contributed by atoms with van der Waals surface area (Å²) in [7, 11) is 2.15. The molecule has 0 saturated heterocycles. The van der Waals surface area contributed by atoms with Crippen LogP contribution in [0.25, 0.3) is 6.08 Å². The summed E-state index contributed by atoms with van der Waals surface area (Å²) in [5.41, 5.74) is 1.06.